The molecule has 0 heterocycles. The minimum Gasteiger partial charge on any atom is -0.298 e. The normalized spacial score (nSPS) is 11.4. The molecule has 1 rings (SSSR count). The molecule has 0 N–H and O–H groups in total. The molecule has 0 fully saturated rings. The molecule has 14 heavy (non-hydrogen) atoms. The van der Waals surface area contributed by atoms with Crippen molar-refractivity contribution in [2.24, 2.45) is 0 Å². The number of ketones is 1. The molecular weight excluding hydrogens is 263 g/mol. The highest BCUT2D eigenvalue weighted by molar-refractivity contribution is 9.09. The molecule has 3 heteroatoms. The van der Waals surface area contributed by atoms with E-state index in [1.165, 1.54) is 0 Å². The first-order valence-electron chi connectivity index (χ1n) is 4.34. The molecule has 0 saturated heterocycles. The van der Waals surface area contributed by atoms with E-state index in [2.05, 4.69) is 15.9 Å². The summed E-state index contributed by atoms with van der Waals surface area (Å²) in [5.41, 5.74) is 0.355. The van der Waals surface area contributed by atoms with E-state index in [1.54, 1.807) is 6.07 Å². The van der Waals surface area contributed by atoms with Gasteiger partial charge in [0.1, 0.15) is 0 Å². The lowest BCUT2D eigenvalue weighted by Gasteiger charge is -2.23. The van der Waals surface area contributed by atoms with Crippen molar-refractivity contribution in [3.05, 3.63) is 34.9 Å². The Bertz CT molecular complexity index is 347. The molecule has 1 nitrogen and oxygen atoms in total. The molecule has 0 aliphatic heterocycles. The monoisotopic (exact) mass is 274 g/mol. The summed E-state index contributed by atoms with van der Waals surface area (Å²) in [5, 5.41) is 0.998. The first-order chi connectivity index (χ1) is 6.50. The number of benzene rings is 1. The van der Waals surface area contributed by atoms with E-state index in [0.717, 1.165) is 5.56 Å². The minimum absolute atomic E-state index is 0.130. The Hall–Kier alpha value is -0.340. The maximum absolute atomic E-state index is 11.7. The Labute approximate surface area is 97.6 Å². The van der Waals surface area contributed by atoms with Crippen molar-refractivity contribution >= 4 is 33.3 Å². The first kappa shape index (κ1) is 11.7. The molecule has 0 atom stereocenters. The number of Topliss-reactive ketones (excluding diaryl/α,β-unsaturated/α-hetero) is 1. The fourth-order valence-electron chi connectivity index (χ4n) is 1.29. The summed E-state index contributed by atoms with van der Waals surface area (Å²) in [6.07, 6.45) is 0. The van der Waals surface area contributed by atoms with Gasteiger partial charge in [0.2, 0.25) is 0 Å². The molecule has 1 aromatic carbocycles. The maximum atomic E-state index is 11.7. The van der Waals surface area contributed by atoms with Gasteiger partial charge in [0.15, 0.2) is 5.78 Å². The molecule has 0 aliphatic carbocycles. The highest BCUT2D eigenvalue weighted by Crippen LogP contribution is 2.30. The van der Waals surface area contributed by atoms with Crippen molar-refractivity contribution in [1.82, 2.24) is 0 Å². The molecule has 0 spiro atoms. The Kier molecular flexibility index (Phi) is 3.73. The molecule has 0 saturated carbocycles. The van der Waals surface area contributed by atoms with Gasteiger partial charge in [-0.05, 0) is 25.5 Å². The number of hydrogen-bond donors (Lipinski definition) is 0. The topological polar surface area (TPSA) is 17.1 Å². The van der Waals surface area contributed by atoms with Gasteiger partial charge in [-0.1, -0.05) is 45.7 Å². The molecule has 0 bridgehead atoms. The minimum atomic E-state index is -0.526. The van der Waals surface area contributed by atoms with Gasteiger partial charge in [-0.2, -0.15) is 0 Å². The SMILES string of the molecule is CC(C)(C(=O)CBr)c1ccccc1Cl. The van der Waals surface area contributed by atoms with Crippen molar-refractivity contribution in [3.63, 3.8) is 0 Å². The number of halogens is 2. The van der Waals surface area contributed by atoms with Crippen LogP contribution in [0.2, 0.25) is 5.02 Å². The van der Waals surface area contributed by atoms with E-state index >= 15 is 0 Å². The largest absolute Gasteiger partial charge is 0.298 e. The van der Waals surface area contributed by atoms with Gasteiger partial charge < -0.3 is 0 Å². The third-order valence-corrected chi connectivity index (χ3v) is 3.20. The average Bonchev–Trinajstić information content (AvgIpc) is 2.17. The van der Waals surface area contributed by atoms with Crippen LogP contribution in [-0.4, -0.2) is 11.1 Å². The molecule has 0 amide bonds. The van der Waals surface area contributed by atoms with Gasteiger partial charge in [0.05, 0.1) is 10.7 Å². The molecule has 0 unspecified atom stereocenters. The molecule has 76 valence electrons. The lowest BCUT2D eigenvalue weighted by Crippen LogP contribution is -2.30. The highest BCUT2D eigenvalue weighted by atomic mass is 79.9. The summed E-state index contributed by atoms with van der Waals surface area (Å²) in [5.74, 6) is 0.130. The molecule has 1 aromatic rings. The van der Waals surface area contributed by atoms with Crippen LogP contribution in [0.15, 0.2) is 24.3 Å². The zero-order valence-electron chi connectivity index (χ0n) is 8.18. The summed E-state index contributed by atoms with van der Waals surface area (Å²) >= 11 is 9.22. The van der Waals surface area contributed by atoms with E-state index in [0.29, 0.717) is 10.4 Å². The molecule has 0 aromatic heterocycles. The smallest absolute Gasteiger partial charge is 0.153 e. The van der Waals surface area contributed by atoms with Gasteiger partial charge in [0.25, 0.3) is 0 Å². The van der Waals surface area contributed by atoms with Crippen molar-refractivity contribution in [2.75, 3.05) is 5.33 Å². The fourth-order valence-corrected chi connectivity index (χ4v) is 2.36. The number of hydrogen-bond acceptors (Lipinski definition) is 1. The second-order valence-electron chi connectivity index (χ2n) is 3.66. The van der Waals surface area contributed by atoms with Crippen molar-refractivity contribution in [2.45, 2.75) is 19.3 Å². The second kappa shape index (κ2) is 4.45. The Morgan fingerprint density at radius 3 is 2.50 bits per heavy atom. The van der Waals surface area contributed by atoms with Crippen LogP contribution in [-0.2, 0) is 10.2 Å². The van der Waals surface area contributed by atoms with Crippen LogP contribution in [0.4, 0.5) is 0 Å². The van der Waals surface area contributed by atoms with Gasteiger partial charge in [-0.15, -0.1) is 0 Å². The van der Waals surface area contributed by atoms with Crippen LogP contribution in [0.1, 0.15) is 19.4 Å². The third kappa shape index (κ3) is 2.18. The summed E-state index contributed by atoms with van der Waals surface area (Å²) in [6.45, 7) is 3.77. The van der Waals surface area contributed by atoms with E-state index in [9.17, 15) is 4.79 Å². The fraction of sp³-hybridized carbons (Fsp3) is 0.364. The van der Waals surface area contributed by atoms with Crippen LogP contribution in [0.3, 0.4) is 0 Å². The summed E-state index contributed by atoms with van der Waals surface area (Å²) < 4.78 is 0. The molecule has 0 aliphatic rings. The van der Waals surface area contributed by atoms with Crippen molar-refractivity contribution in [3.8, 4) is 0 Å². The lowest BCUT2D eigenvalue weighted by atomic mass is 9.81. The predicted molar refractivity (Wildman–Crippen MR) is 63.3 cm³/mol. The van der Waals surface area contributed by atoms with Crippen LogP contribution >= 0.6 is 27.5 Å². The lowest BCUT2D eigenvalue weighted by molar-refractivity contribution is -0.120. The van der Waals surface area contributed by atoms with Crippen LogP contribution in [0.25, 0.3) is 0 Å². The third-order valence-electron chi connectivity index (χ3n) is 2.37. The quantitative estimate of drug-likeness (QED) is 0.771. The van der Waals surface area contributed by atoms with Crippen molar-refractivity contribution in [1.29, 1.82) is 0 Å². The number of carbonyl (C=O) groups excluding carboxylic acids is 1. The van der Waals surface area contributed by atoms with Gasteiger partial charge >= 0.3 is 0 Å². The maximum Gasteiger partial charge on any atom is 0.153 e. The Morgan fingerprint density at radius 1 is 1.43 bits per heavy atom. The van der Waals surface area contributed by atoms with E-state index < -0.39 is 5.41 Å². The highest BCUT2D eigenvalue weighted by Gasteiger charge is 2.30. The van der Waals surface area contributed by atoms with Gasteiger partial charge in [-0.25, -0.2) is 0 Å². The average molecular weight is 276 g/mol. The first-order valence-corrected chi connectivity index (χ1v) is 5.84. The Balaban J connectivity index is 3.16. The second-order valence-corrected chi connectivity index (χ2v) is 4.63. The van der Waals surface area contributed by atoms with E-state index in [1.807, 2.05) is 32.0 Å². The van der Waals surface area contributed by atoms with Crippen molar-refractivity contribution < 1.29 is 4.79 Å². The van der Waals surface area contributed by atoms with Gasteiger partial charge in [-0.3, -0.25) is 4.79 Å². The Morgan fingerprint density at radius 2 is 2.00 bits per heavy atom. The zero-order chi connectivity index (χ0) is 10.8. The zero-order valence-corrected chi connectivity index (χ0v) is 10.5. The standard InChI is InChI=1S/C11H12BrClO/c1-11(2,10(14)7-12)8-5-3-4-6-9(8)13/h3-6H,7H2,1-2H3. The van der Waals surface area contributed by atoms with Crippen LogP contribution in [0, 0.1) is 0 Å². The summed E-state index contributed by atoms with van der Waals surface area (Å²) in [7, 11) is 0. The summed E-state index contributed by atoms with van der Waals surface area (Å²) in [4.78, 5) is 11.7. The van der Waals surface area contributed by atoms with Gasteiger partial charge in [0, 0.05) is 5.02 Å². The predicted octanol–water partition coefficient (Wildman–Crippen LogP) is 3.58. The van der Waals surface area contributed by atoms with E-state index in [4.69, 9.17) is 11.6 Å². The number of alkyl halides is 1. The summed E-state index contributed by atoms with van der Waals surface area (Å²) in [6, 6.07) is 7.45. The van der Waals surface area contributed by atoms with Crippen LogP contribution in [0.5, 0.6) is 0 Å². The molecule has 0 radical (unpaired) electrons. The van der Waals surface area contributed by atoms with E-state index in [-0.39, 0.29) is 5.78 Å². The molecular formula is C11H12BrClO. The van der Waals surface area contributed by atoms with Crippen LogP contribution < -0.4 is 0 Å². The number of carbonyl (C=O) groups is 1. The number of rotatable bonds is 3.